The number of thiophene rings is 1. The van der Waals surface area contributed by atoms with Crippen molar-refractivity contribution in [2.24, 2.45) is 0 Å². The number of halogens is 1. The molecule has 0 N–H and O–H groups in total. The van der Waals surface area contributed by atoms with Gasteiger partial charge in [0.1, 0.15) is 17.8 Å². The van der Waals surface area contributed by atoms with Crippen LogP contribution in [0.2, 0.25) is 0 Å². The van der Waals surface area contributed by atoms with E-state index in [4.69, 9.17) is 9.47 Å². The van der Waals surface area contributed by atoms with Gasteiger partial charge in [0.2, 0.25) is 0 Å². The summed E-state index contributed by atoms with van der Waals surface area (Å²) in [5, 5.41) is 0. The highest BCUT2D eigenvalue weighted by Gasteiger charge is 2.45. The van der Waals surface area contributed by atoms with E-state index in [1.54, 1.807) is 16.2 Å². The number of ketones is 1. The maximum absolute atomic E-state index is 12.2. The second kappa shape index (κ2) is 5.86. The van der Waals surface area contributed by atoms with Crippen LogP contribution in [0.4, 0.5) is 4.79 Å². The zero-order chi connectivity index (χ0) is 16.8. The van der Waals surface area contributed by atoms with Crippen molar-refractivity contribution in [2.75, 3.05) is 19.7 Å². The van der Waals surface area contributed by atoms with Crippen LogP contribution in [-0.4, -0.2) is 42.1 Å². The molecule has 0 radical (unpaired) electrons. The molecule has 1 spiro atoms. The molecule has 23 heavy (non-hydrogen) atoms. The van der Waals surface area contributed by atoms with Crippen LogP contribution in [0.1, 0.15) is 48.8 Å². The van der Waals surface area contributed by atoms with Crippen LogP contribution in [0.15, 0.2) is 9.85 Å². The molecule has 0 aromatic carbocycles. The predicted octanol–water partition coefficient (Wildman–Crippen LogP) is 3.95. The summed E-state index contributed by atoms with van der Waals surface area (Å²) in [6, 6.07) is 1.88. The Morgan fingerprint density at radius 1 is 1.39 bits per heavy atom. The Morgan fingerprint density at radius 2 is 2.04 bits per heavy atom. The van der Waals surface area contributed by atoms with Crippen molar-refractivity contribution in [3.05, 3.63) is 20.3 Å². The second-order valence-corrected chi connectivity index (χ2v) is 9.40. The van der Waals surface area contributed by atoms with Crippen LogP contribution < -0.4 is 0 Å². The fourth-order valence-electron chi connectivity index (χ4n) is 3.00. The summed E-state index contributed by atoms with van der Waals surface area (Å²) in [4.78, 5) is 26.9. The highest BCUT2D eigenvalue weighted by molar-refractivity contribution is 9.11. The minimum absolute atomic E-state index is 0.0298. The molecule has 0 unspecified atom stereocenters. The lowest BCUT2D eigenvalue weighted by Gasteiger charge is -2.43. The molecule has 5 nitrogen and oxygen atoms in total. The lowest BCUT2D eigenvalue weighted by atomic mass is 9.85. The smallest absolute Gasteiger partial charge is 0.410 e. The molecule has 1 amide bonds. The van der Waals surface area contributed by atoms with E-state index < -0.39 is 11.2 Å². The van der Waals surface area contributed by atoms with Gasteiger partial charge < -0.3 is 14.4 Å². The van der Waals surface area contributed by atoms with Gasteiger partial charge in [0.25, 0.3) is 0 Å². The standard InChI is InChI=1S/C16H20BrNO4S/c1-15(2,3)22-14(20)18-6-4-16(5-7-18)13-10(8-12(17)23-13)11(19)9-21-16/h8H,4-7,9H2,1-3H3. The Hall–Kier alpha value is -0.920. The molecular formula is C16H20BrNO4S. The molecule has 126 valence electrons. The molecule has 1 aromatic heterocycles. The molecule has 1 aromatic rings. The zero-order valence-electron chi connectivity index (χ0n) is 13.5. The van der Waals surface area contributed by atoms with Crippen molar-refractivity contribution in [2.45, 2.75) is 44.8 Å². The summed E-state index contributed by atoms with van der Waals surface area (Å²) >= 11 is 5.02. The SMILES string of the molecule is CC(C)(C)OC(=O)N1CCC2(CC1)OCC(=O)c1cc(Br)sc12. The molecule has 7 heteroatoms. The monoisotopic (exact) mass is 401 g/mol. The maximum atomic E-state index is 12.2. The average Bonchev–Trinajstić information content (AvgIpc) is 2.86. The van der Waals surface area contributed by atoms with Gasteiger partial charge in [-0.3, -0.25) is 4.79 Å². The Morgan fingerprint density at radius 3 is 2.65 bits per heavy atom. The molecule has 2 aliphatic heterocycles. The van der Waals surface area contributed by atoms with Gasteiger partial charge in [0.05, 0.1) is 3.79 Å². The first kappa shape index (κ1) is 16.9. The molecule has 0 bridgehead atoms. The van der Waals surface area contributed by atoms with E-state index in [0.29, 0.717) is 25.9 Å². The molecular weight excluding hydrogens is 382 g/mol. The molecule has 0 atom stereocenters. The third-order valence-corrected chi connectivity index (χ3v) is 5.94. The molecule has 3 heterocycles. The Bertz CT molecular complexity index is 641. The number of hydrogen-bond donors (Lipinski definition) is 0. The van der Waals surface area contributed by atoms with Crippen molar-refractivity contribution < 1.29 is 19.1 Å². The first-order valence-electron chi connectivity index (χ1n) is 7.65. The molecule has 1 saturated heterocycles. The van der Waals surface area contributed by atoms with Crippen LogP contribution in [0.25, 0.3) is 0 Å². The van der Waals surface area contributed by atoms with Crippen LogP contribution in [-0.2, 0) is 15.1 Å². The van der Waals surface area contributed by atoms with Gasteiger partial charge >= 0.3 is 6.09 Å². The van der Waals surface area contributed by atoms with Gasteiger partial charge in [-0.15, -0.1) is 11.3 Å². The molecule has 1 fully saturated rings. The summed E-state index contributed by atoms with van der Waals surface area (Å²) in [7, 11) is 0. The number of fused-ring (bicyclic) bond motifs is 2. The first-order valence-corrected chi connectivity index (χ1v) is 9.26. The van der Waals surface area contributed by atoms with Crippen molar-refractivity contribution in [1.82, 2.24) is 4.90 Å². The van der Waals surface area contributed by atoms with E-state index in [0.717, 1.165) is 14.2 Å². The van der Waals surface area contributed by atoms with E-state index in [1.807, 2.05) is 26.8 Å². The summed E-state index contributed by atoms with van der Waals surface area (Å²) in [5.41, 5.74) is -0.177. The fourth-order valence-corrected chi connectivity index (χ4v) is 4.82. The third kappa shape index (κ3) is 3.32. The maximum Gasteiger partial charge on any atom is 0.410 e. The van der Waals surface area contributed by atoms with Crippen molar-refractivity contribution in [3.8, 4) is 0 Å². The van der Waals surface area contributed by atoms with Gasteiger partial charge in [-0.2, -0.15) is 0 Å². The summed E-state index contributed by atoms with van der Waals surface area (Å²) < 4.78 is 12.3. The average molecular weight is 402 g/mol. The van der Waals surface area contributed by atoms with E-state index in [1.165, 1.54) is 0 Å². The number of nitrogens with zero attached hydrogens (tertiary/aromatic N) is 1. The zero-order valence-corrected chi connectivity index (χ0v) is 15.9. The number of ether oxygens (including phenoxy) is 2. The minimum atomic E-state index is -0.494. The van der Waals surface area contributed by atoms with Crippen LogP contribution >= 0.6 is 27.3 Å². The number of rotatable bonds is 0. The van der Waals surface area contributed by atoms with Crippen LogP contribution in [0.3, 0.4) is 0 Å². The van der Waals surface area contributed by atoms with E-state index >= 15 is 0 Å². The van der Waals surface area contributed by atoms with E-state index in [2.05, 4.69) is 15.9 Å². The van der Waals surface area contributed by atoms with Crippen molar-refractivity contribution >= 4 is 39.1 Å². The summed E-state index contributed by atoms with van der Waals surface area (Å²) in [5.74, 6) is 0.0298. The summed E-state index contributed by atoms with van der Waals surface area (Å²) in [6.07, 6.45) is 1.07. The summed E-state index contributed by atoms with van der Waals surface area (Å²) in [6.45, 7) is 6.84. The largest absolute Gasteiger partial charge is 0.444 e. The number of hydrogen-bond acceptors (Lipinski definition) is 5. The second-order valence-electron chi connectivity index (χ2n) is 6.97. The van der Waals surface area contributed by atoms with Crippen LogP contribution in [0.5, 0.6) is 0 Å². The minimum Gasteiger partial charge on any atom is -0.444 e. The number of Topliss-reactive ketones (excluding diaryl/α,β-unsaturated/α-hetero) is 1. The topological polar surface area (TPSA) is 55.8 Å². The highest BCUT2D eigenvalue weighted by atomic mass is 79.9. The lowest BCUT2D eigenvalue weighted by molar-refractivity contribution is -0.0847. The number of carbonyl (C=O) groups excluding carboxylic acids is 2. The molecule has 0 aliphatic carbocycles. The van der Waals surface area contributed by atoms with Gasteiger partial charge in [-0.1, -0.05) is 0 Å². The van der Waals surface area contributed by atoms with Gasteiger partial charge in [-0.25, -0.2) is 4.79 Å². The van der Waals surface area contributed by atoms with Gasteiger partial charge in [0, 0.05) is 23.5 Å². The normalized spacial score (nSPS) is 20.5. The Balaban J connectivity index is 1.75. The first-order chi connectivity index (χ1) is 10.7. The van der Waals surface area contributed by atoms with E-state index in [-0.39, 0.29) is 18.5 Å². The van der Waals surface area contributed by atoms with Gasteiger partial charge in [0.15, 0.2) is 5.78 Å². The Labute approximate surface area is 148 Å². The Kier molecular flexibility index (Phi) is 4.31. The number of carbonyl (C=O) groups is 2. The third-order valence-electron chi connectivity index (χ3n) is 4.12. The molecule has 2 aliphatic rings. The quantitative estimate of drug-likeness (QED) is 0.660. The predicted molar refractivity (Wildman–Crippen MR) is 91.0 cm³/mol. The van der Waals surface area contributed by atoms with Gasteiger partial charge in [-0.05, 0) is 55.6 Å². The molecule has 0 saturated carbocycles. The fraction of sp³-hybridized carbons (Fsp3) is 0.625. The van der Waals surface area contributed by atoms with E-state index in [9.17, 15) is 9.59 Å². The van der Waals surface area contributed by atoms with Crippen molar-refractivity contribution in [1.29, 1.82) is 0 Å². The van der Waals surface area contributed by atoms with Crippen molar-refractivity contribution in [3.63, 3.8) is 0 Å². The number of likely N-dealkylation sites (tertiary alicyclic amines) is 1. The number of amides is 1. The highest BCUT2D eigenvalue weighted by Crippen LogP contribution is 2.46. The van der Waals surface area contributed by atoms with Crippen LogP contribution in [0, 0.1) is 0 Å². The lowest BCUT2D eigenvalue weighted by Crippen LogP contribution is -2.49. The number of piperidine rings is 1. The molecule has 3 rings (SSSR count).